The average molecular weight is 429 g/mol. The highest BCUT2D eigenvalue weighted by molar-refractivity contribution is 6.28. The van der Waals surface area contributed by atoms with Gasteiger partial charge in [0.05, 0.1) is 13.8 Å². The number of benzene rings is 3. The summed E-state index contributed by atoms with van der Waals surface area (Å²) >= 11 is 6.30. The van der Waals surface area contributed by atoms with Crippen LogP contribution in [0.4, 0.5) is 11.5 Å². The fraction of sp³-hybridized carbons (Fsp3) is 0.120. The van der Waals surface area contributed by atoms with Crippen LogP contribution in [0.3, 0.4) is 0 Å². The Hall–Kier alpha value is -3.57. The van der Waals surface area contributed by atoms with Gasteiger partial charge in [-0.25, -0.2) is 0 Å². The molecule has 1 N–H and O–H groups in total. The van der Waals surface area contributed by atoms with Gasteiger partial charge in [-0.1, -0.05) is 91.0 Å². The van der Waals surface area contributed by atoms with Gasteiger partial charge in [-0.15, -0.1) is 0 Å². The van der Waals surface area contributed by atoms with Gasteiger partial charge in [-0.2, -0.15) is 9.97 Å². The fourth-order valence-corrected chi connectivity index (χ4v) is 4.57. The Morgan fingerprint density at radius 2 is 1.29 bits per heavy atom. The number of nitrogens with one attached hydrogen (secondary N) is 1. The summed E-state index contributed by atoms with van der Waals surface area (Å²) in [5.74, 6) is 1.13. The molecule has 6 heteroatoms. The van der Waals surface area contributed by atoms with Crippen molar-refractivity contribution in [1.29, 1.82) is 0 Å². The molecular weight excluding hydrogens is 408 g/mol. The average Bonchev–Trinajstić information content (AvgIpc) is 3.25. The maximum atomic E-state index is 6.30. The van der Waals surface area contributed by atoms with E-state index in [-0.39, 0.29) is 5.28 Å². The number of methoxy groups -OCH3 is 1. The van der Waals surface area contributed by atoms with E-state index in [1.165, 1.54) is 0 Å². The molecule has 31 heavy (non-hydrogen) atoms. The van der Waals surface area contributed by atoms with Crippen molar-refractivity contribution in [1.82, 2.24) is 9.97 Å². The van der Waals surface area contributed by atoms with E-state index in [0.717, 1.165) is 22.4 Å². The molecule has 0 aliphatic carbocycles. The molecule has 5 rings (SSSR count). The lowest BCUT2D eigenvalue weighted by molar-refractivity contribution is 0.399. The van der Waals surface area contributed by atoms with Gasteiger partial charge in [0, 0.05) is 0 Å². The summed E-state index contributed by atoms with van der Waals surface area (Å²) in [6.07, 6.45) is 0. The molecule has 0 radical (unpaired) electrons. The molecule has 2 heterocycles. The van der Waals surface area contributed by atoms with Crippen molar-refractivity contribution in [2.24, 2.45) is 0 Å². The van der Waals surface area contributed by atoms with Crippen LogP contribution in [0.1, 0.15) is 16.7 Å². The van der Waals surface area contributed by atoms with Crippen LogP contribution in [0.5, 0.6) is 5.88 Å². The van der Waals surface area contributed by atoms with E-state index in [4.69, 9.17) is 16.3 Å². The number of ether oxygens (including phenoxy) is 1. The first-order valence-electron chi connectivity index (χ1n) is 10.0. The number of aromatic nitrogens is 2. The van der Waals surface area contributed by atoms with Gasteiger partial charge in [0.1, 0.15) is 11.2 Å². The molecule has 1 aliphatic heterocycles. The number of anilines is 2. The van der Waals surface area contributed by atoms with E-state index in [1.54, 1.807) is 7.11 Å². The van der Waals surface area contributed by atoms with Crippen molar-refractivity contribution in [2.75, 3.05) is 24.0 Å². The van der Waals surface area contributed by atoms with Crippen LogP contribution in [-0.2, 0) is 5.54 Å². The summed E-state index contributed by atoms with van der Waals surface area (Å²) in [4.78, 5) is 11.1. The van der Waals surface area contributed by atoms with Crippen molar-refractivity contribution in [2.45, 2.75) is 5.54 Å². The number of hydrogen-bond acceptors (Lipinski definition) is 5. The Bertz CT molecular complexity index is 1090. The van der Waals surface area contributed by atoms with Gasteiger partial charge in [-0.05, 0) is 28.3 Å². The second-order valence-corrected chi connectivity index (χ2v) is 7.61. The van der Waals surface area contributed by atoms with Crippen LogP contribution >= 0.6 is 11.6 Å². The largest absolute Gasteiger partial charge is 0.479 e. The Balaban J connectivity index is 1.87. The summed E-state index contributed by atoms with van der Waals surface area (Å²) in [5, 5.41) is 3.57. The maximum Gasteiger partial charge on any atom is 0.243 e. The lowest BCUT2D eigenvalue weighted by Gasteiger charge is -2.44. The Morgan fingerprint density at radius 1 is 0.806 bits per heavy atom. The molecule has 0 fully saturated rings. The van der Waals surface area contributed by atoms with E-state index in [0.29, 0.717) is 18.4 Å². The normalized spacial score (nSPS) is 12.9. The van der Waals surface area contributed by atoms with E-state index in [1.807, 2.05) is 18.2 Å². The zero-order chi connectivity index (χ0) is 21.3. The molecular formula is C25H21ClN4O. The van der Waals surface area contributed by atoms with Crippen LogP contribution in [0, 0.1) is 0 Å². The smallest absolute Gasteiger partial charge is 0.243 e. The first kappa shape index (κ1) is 19.4. The third-order valence-electron chi connectivity index (χ3n) is 5.67. The highest BCUT2D eigenvalue weighted by Crippen LogP contribution is 2.49. The second kappa shape index (κ2) is 7.93. The van der Waals surface area contributed by atoms with Crippen molar-refractivity contribution in [3.63, 3.8) is 0 Å². The van der Waals surface area contributed by atoms with Crippen LogP contribution in [0.15, 0.2) is 91.0 Å². The molecule has 5 nitrogen and oxygen atoms in total. The first-order valence-corrected chi connectivity index (χ1v) is 10.4. The first-order chi connectivity index (χ1) is 15.2. The molecule has 0 unspecified atom stereocenters. The van der Waals surface area contributed by atoms with Crippen LogP contribution in [0.2, 0.25) is 5.28 Å². The predicted octanol–water partition coefficient (Wildman–Crippen LogP) is 5.32. The standard InChI is InChI=1S/C25H21ClN4O/c1-31-23-21-22(28-24(26)29-23)30(17-27-21)25(18-11-5-2-6-12-18,19-13-7-3-8-14-19)20-15-9-4-10-16-20/h2-16,27H,17H2,1H3. The lowest BCUT2D eigenvalue weighted by Crippen LogP contribution is -2.48. The molecule has 0 saturated heterocycles. The quantitative estimate of drug-likeness (QED) is 0.344. The molecule has 1 aromatic heterocycles. The monoisotopic (exact) mass is 428 g/mol. The van der Waals surface area contributed by atoms with Crippen molar-refractivity contribution >= 4 is 23.1 Å². The molecule has 0 bridgehead atoms. The third kappa shape index (κ3) is 3.09. The van der Waals surface area contributed by atoms with Gasteiger partial charge in [-0.3, -0.25) is 0 Å². The minimum atomic E-state index is -0.648. The Labute approximate surface area is 186 Å². The SMILES string of the molecule is COc1nc(Cl)nc2c1NCN2C(c1ccccc1)(c1ccccc1)c1ccccc1. The topological polar surface area (TPSA) is 50.3 Å². The Kier molecular flexibility index (Phi) is 4.96. The summed E-state index contributed by atoms with van der Waals surface area (Å²) in [5.41, 5.74) is 3.45. The van der Waals surface area contributed by atoms with Crippen LogP contribution in [-0.4, -0.2) is 23.7 Å². The van der Waals surface area contributed by atoms with E-state index >= 15 is 0 Å². The highest BCUT2D eigenvalue weighted by Gasteiger charge is 2.46. The number of fused-ring (bicyclic) bond motifs is 1. The third-order valence-corrected chi connectivity index (χ3v) is 5.84. The zero-order valence-electron chi connectivity index (χ0n) is 17.0. The van der Waals surface area contributed by atoms with Gasteiger partial charge in [0.2, 0.25) is 11.2 Å². The van der Waals surface area contributed by atoms with Gasteiger partial charge in [0.25, 0.3) is 0 Å². The summed E-state index contributed by atoms with van der Waals surface area (Å²) < 4.78 is 5.49. The molecule has 0 saturated carbocycles. The molecule has 0 spiro atoms. The van der Waals surface area contributed by atoms with E-state index in [2.05, 4.69) is 93.0 Å². The number of rotatable bonds is 5. The maximum absolute atomic E-state index is 6.30. The molecule has 0 atom stereocenters. The predicted molar refractivity (Wildman–Crippen MR) is 124 cm³/mol. The summed E-state index contributed by atoms with van der Waals surface area (Å²) in [7, 11) is 1.59. The van der Waals surface area contributed by atoms with Crippen LogP contribution < -0.4 is 15.0 Å². The van der Waals surface area contributed by atoms with Gasteiger partial charge < -0.3 is 15.0 Å². The minimum Gasteiger partial charge on any atom is -0.479 e. The van der Waals surface area contributed by atoms with Crippen molar-refractivity contribution in [3.8, 4) is 5.88 Å². The molecule has 3 aromatic carbocycles. The highest BCUT2D eigenvalue weighted by atomic mass is 35.5. The lowest BCUT2D eigenvalue weighted by atomic mass is 9.75. The molecule has 0 amide bonds. The van der Waals surface area contributed by atoms with Crippen molar-refractivity contribution < 1.29 is 4.74 Å². The number of nitrogens with zero attached hydrogens (tertiary/aromatic N) is 3. The number of hydrogen-bond donors (Lipinski definition) is 1. The van der Waals surface area contributed by atoms with Crippen LogP contribution in [0.25, 0.3) is 0 Å². The van der Waals surface area contributed by atoms with E-state index in [9.17, 15) is 0 Å². The number of halogens is 1. The molecule has 4 aromatic rings. The van der Waals surface area contributed by atoms with Crippen molar-refractivity contribution in [3.05, 3.63) is 113 Å². The summed E-state index contributed by atoms with van der Waals surface area (Å²) in [6, 6.07) is 31.4. The zero-order valence-corrected chi connectivity index (χ0v) is 17.8. The van der Waals surface area contributed by atoms with Gasteiger partial charge in [0.15, 0.2) is 5.82 Å². The molecule has 154 valence electrons. The second-order valence-electron chi connectivity index (χ2n) is 7.27. The van der Waals surface area contributed by atoms with E-state index < -0.39 is 5.54 Å². The fourth-order valence-electron chi connectivity index (χ4n) is 4.42. The molecule has 1 aliphatic rings. The van der Waals surface area contributed by atoms with Gasteiger partial charge >= 0.3 is 0 Å². The summed E-state index contributed by atoms with van der Waals surface area (Å²) in [6.45, 7) is 0.513. The minimum absolute atomic E-state index is 0.146. The Morgan fingerprint density at radius 3 is 1.74 bits per heavy atom.